The number of fused-ring (bicyclic) bond motifs is 1. The summed E-state index contributed by atoms with van der Waals surface area (Å²) >= 11 is 0.593. The van der Waals surface area contributed by atoms with Crippen molar-refractivity contribution in [3.63, 3.8) is 0 Å². The molecular formula is C38H38AsN7O4S. The number of hydrogen-bond donors (Lipinski definition) is 2. The zero-order valence-electron chi connectivity index (χ0n) is 27.9. The predicted octanol–water partition coefficient (Wildman–Crippen LogP) is 2.86. The van der Waals surface area contributed by atoms with Crippen molar-refractivity contribution in [3.05, 3.63) is 114 Å². The van der Waals surface area contributed by atoms with E-state index in [4.69, 9.17) is 19.8 Å². The zero-order valence-corrected chi connectivity index (χ0v) is 30.9. The number of amides is 2. The van der Waals surface area contributed by atoms with Crippen LogP contribution in [0.25, 0.3) is 27.6 Å². The number of imidazole rings is 1. The molecule has 2 amide bonds. The van der Waals surface area contributed by atoms with Gasteiger partial charge in [-0.25, -0.2) is 0 Å². The Balaban J connectivity index is 1.06. The first kappa shape index (κ1) is 34.7. The number of rotatable bonds is 13. The molecule has 7 rings (SSSR count). The van der Waals surface area contributed by atoms with Crippen LogP contribution in [0.4, 0.5) is 5.69 Å². The number of ether oxygens (including phenoxy) is 1. The molecule has 1 aliphatic heterocycles. The average Bonchev–Trinajstić information content (AvgIpc) is 3.76. The van der Waals surface area contributed by atoms with Gasteiger partial charge in [0.15, 0.2) is 0 Å². The van der Waals surface area contributed by atoms with Gasteiger partial charge in [-0.15, -0.1) is 0 Å². The van der Waals surface area contributed by atoms with Crippen LogP contribution in [0.15, 0.2) is 103 Å². The molecule has 11 nitrogen and oxygen atoms in total. The maximum absolute atomic E-state index is 13.5. The number of aliphatic hydroxyl groups excluding tert-OH is 1. The van der Waals surface area contributed by atoms with Gasteiger partial charge >= 0.3 is 266 Å². The summed E-state index contributed by atoms with van der Waals surface area (Å²) in [7, 11) is 0. The van der Waals surface area contributed by atoms with E-state index < -0.39 is 15.8 Å². The topological polar surface area (TPSA) is 125 Å². The molecule has 0 radical (unpaired) electrons. The Kier molecular flexibility index (Phi) is 11.3. The second-order valence-electron chi connectivity index (χ2n) is 12.1. The molecule has 13 heteroatoms. The SMILES string of the molecule is O=C(Cc1ccccc1)Nc1cccc(-c2nc3sccn3c2-c2ccnc([AsH]c3cccc(C(=O)N4CCN(CCOCCO)CC4)c3)n2)c1. The first-order chi connectivity index (χ1) is 25.0. The second kappa shape index (κ2) is 16.5. The molecule has 4 heterocycles. The molecule has 1 fully saturated rings. The van der Waals surface area contributed by atoms with Crippen molar-refractivity contribution < 1.29 is 19.4 Å². The van der Waals surface area contributed by atoms with Crippen LogP contribution in [0.1, 0.15) is 15.9 Å². The molecule has 0 saturated carbocycles. The van der Waals surface area contributed by atoms with Crippen LogP contribution in [0.5, 0.6) is 0 Å². The summed E-state index contributed by atoms with van der Waals surface area (Å²) in [6.07, 6.45) is 4.08. The van der Waals surface area contributed by atoms with Crippen LogP contribution < -0.4 is 14.3 Å². The molecule has 1 saturated heterocycles. The fraction of sp³-hybridized carbons (Fsp3) is 0.237. The van der Waals surface area contributed by atoms with Gasteiger partial charge in [-0.3, -0.25) is 0 Å². The van der Waals surface area contributed by atoms with Crippen molar-refractivity contribution in [1.82, 2.24) is 29.2 Å². The first-order valence-electron chi connectivity index (χ1n) is 16.8. The van der Waals surface area contributed by atoms with Crippen LogP contribution in [0, 0.1) is 0 Å². The van der Waals surface area contributed by atoms with Crippen LogP contribution in [-0.2, 0) is 16.0 Å². The second-order valence-corrected chi connectivity index (χ2v) is 15.6. The number of benzene rings is 3. The summed E-state index contributed by atoms with van der Waals surface area (Å²) in [6, 6.07) is 27.2. The molecule has 3 aromatic heterocycles. The van der Waals surface area contributed by atoms with E-state index in [9.17, 15) is 9.59 Å². The van der Waals surface area contributed by atoms with Crippen molar-refractivity contribution in [3.8, 4) is 22.6 Å². The molecule has 1 aliphatic rings. The quantitative estimate of drug-likeness (QED) is 0.136. The van der Waals surface area contributed by atoms with E-state index in [0.717, 1.165) is 61.8 Å². The molecule has 0 bridgehead atoms. The molecule has 260 valence electrons. The Hall–Kier alpha value is -4.71. The van der Waals surface area contributed by atoms with Gasteiger partial charge in [0.25, 0.3) is 0 Å². The Morgan fingerprint density at radius 2 is 1.76 bits per heavy atom. The number of nitrogens with zero attached hydrogens (tertiary/aromatic N) is 6. The van der Waals surface area contributed by atoms with Crippen molar-refractivity contribution in [2.45, 2.75) is 6.42 Å². The third-order valence-electron chi connectivity index (χ3n) is 8.60. The van der Waals surface area contributed by atoms with Gasteiger partial charge < -0.3 is 5.11 Å². The molecule has 2 N–H and O–H groups in total. The maximum atomic E-state index is 13.5. The summed E-state index contributed by atoms with van der Waals surface area (Å²) in [5.74, 6) is -0.0454. The standard InChI is InChI=1S/C38H38AsN7O4S/c47-20-22-50-21-18-44-14-16-45(17-15-44)36(49)29-9-4-10-30(25-29)39-37-40-13-12-32(42-37)35-34(43-38-46(35)19-23-51-38)28-8-5-11-31(26-28)41-33(48)24-27-6-2-1-3-7-27/h1-13,19,23,25-26,39,47H,14-18,20-22,24H2,(H,41,48). The van der Waals surface area contributed by atoms with Gasteiger partial charge in [0.05, 0.1) is 6.61 Å². The molecule has 3 aromatic carbocycles. The fourth-order valence-electron chi connectivity index (χ4n) is 6.09. The van der Waals surface area contributed by atoms with Crippen molar-refractivity contribution >= 4 is 58.5 Å². The predicted molar refractivity (Wildman–Crippen MR) is 201 cm³/mol. The van der Waals surface area contributed by atoms with Crippen molar-refractivity contribution in [1.29, 1.82) is 0 Å². The Labute approximate surface area is 306 Å². The Morgan fingerprint density at radius 3 is 2.61 bits per heavy atom. The normalized spacial score (nSPS) is 13.7. The summed E-state index contributed by atoms with van der Waals surface area (Å²) in [6.45, 7) is 4.67. The average molecular weight is 764 g/mol. The van der Waals surface area contributed by atoms with E-state index in [-0.39, 0.29) is 18.4 Å². The molecule has 0 aliphatic carbocycles. The van der Waals surface area contributed by atoms with Crippen LogP contribution in [0.3, 0.4) is 0 Å². The van der Waals surface area contributed by atoms with E-state index in [1.54, 1.807) is 17.5 Å². The van der Waals surface area contributed by atoms with Gasteiger partial charge in [-0.05, 0) is 0 Å². The van der Waals surface area contributed by atoms with Gasteiger partial charge in [0.2, 0.25) is 0 Å². The fourth-order valence-corrected chi connectivity index (χ4v) is 8.86. The molecular weight excluding hydrogens is 725 g/mol. The number of piperazine rings is 1. The van der Waals surface area contributed by atoms with Gasteiger partial charge in [0.1, 0.15) is 0 Å². The summed E-state index contributed by atoms with van der Waals surface area (Å²) in [4.78, 5) is 46.0. The third kappa shape index (κ3) is 8.61. The van der Waals surface area contributed by atoms with E-state index in [0.29, 0.717) is 44.0 Å². The number of aromatic nitrogens is 4. The van der Waals surface area contributed by atoms with Gasteiger partial charge in [-0.2, -0.15) is 0 Å². The van der Waals surface area contributed by atoms with Crippen LogP contribution in [0.2, 0.25) is 0 Å². The molecule has 1 unspecified atom stereocenters. The number of thiazole rings is 1. The minimum absolute atomic E-state index is 0.0279. The van der Waals surface area contributed by atoms with Crippen molar-refractivity contribution in [2.24, 2.45) is 0 Å². The van der Waals surface area contributed by atoms with Crippen LogP contribution in [-0.4, -0.2) is 114 Å². The third-order valence-corrected chi connectivity index (χ3v) is 11.6. The first-order valence-corrected chi connectivity index (χ1v) is 19.8. The van der Waals surface area contributed by atoms with E-state index in [2.05, 4.69) is 21.3 Å². The molecule has 6 aromatic rings. The number of nitrogens with one attached hydrogen (secondary N) is 1. The minimum atomic E-state index is -0.957. The van der Waals surface area contributed by atoms with E-state index >= 15 is 0 Å². The zero-order chi connectivity index (χ0) is 35.0. The van der Waals surface area contributed by atoms with Gasteiger partial charge in [-0.1, -0.05) is 30.3 Å². The number of anilines is 1. The van der Waals surface area contributed by atoms with E-state index in [1.165, 1.54) is 0 Å². The summed E-state index contributed by atoms with van der Waals surface area (Å²) < 4.78 is 9.28. The summed E-state index contributed by atoms with van der Waals surface area (Å²) in [5.41, 5.74) is 5.60. The van der Waals surface area contributed by atoms with Crippen molar-refractivity contribution in [2.75, 3.05) is 57.9 Å². The van der Waals surface area contributed by atoms with Gasteiger partial charge in [0, 0.05) is 0 Å². The molecule has 0 spiro atoms. The number of carbonyl (C=O) groups is 2. The molecule has 51 heavy (non-hydrogen) atoms. The van der Waals surface area contributed by atoms with E-state index in [1.807, 2.05) is 99.7 Å². The van der Waals surface area contributed by atoms with Crippen LogP contribution >= 0.6 is 11.3 Å². The number of hydrogen-bond acceptors (Lipinski definition) is 9. The number of carbonyl (C=O) groups excluding carboxylic acids is 2. The Morgan fingerprint density at radius 1 is 0.922 bits per heavy atom. The number of aliphatic hydroxyl groups is 1. The Bertz CT molecular complexity index is 2110. The monoisotopic (exact) mass is 763 g/mol. The molecule has 1 atom stereocenters. The summed E-state index contributed by atoms with van der Waals surface area (Å²) in [5, 5.41) is 13.9.